The maximum atomic E-state index is 3.58. The molecule has 0 aliphatic heterocycles. The van der Waals surface area contributed by atoms with Gasteiger partial charge in [0.05, 0.1) is 0 Å². The average Bonchev–Trinajstić information content (AvgIpc) is 2.97. The molecule has 2 nitrogen and oxygen atoms in total. The monoisotopic (exact) mass is 344 g/mol. The summed E-state index contributed by atoms with van der Waals surface area (Å²) >= 11 is 0. The second-order valence-electron chi connectivity index (χ2n) is 10.3. The van der Waals surface area contributed by atoms with Gasteiger partial charge in [0.2, 0.25) is 0 Å². The van der Waals surface area contributed by atoms with E-state index in [0.717, 1.165) is 29.7 Å². The molecule has 8 atom stereocenters. The molecule has 0 heterocycles. The number of hydrogen-bond donors (Lipinski definition) is 2. The first-order chi connectivity index (χ1) is 11.9. The van der Waals surface area contributed by atoms with Crippen molar-refractivity contribution in [1.29, 1.82) is 0 Å². The van der Waals surface area contributed by atoms with E-state index in [0.29, 0.717) is 16.9 Å². The fourth-order valence-corrected chi connectivity index (χ4v) is 7.97. The Morgan fingerprint density at radius 2 is 1.84 bits per heavy atom. The van der Waals surface area contributed by atoms with Crippen molar-refractivity contribution in [2.45, 2.75) is 84.2 Å². The van der Waals surface area contributed by atoms with Gasteiger partial charge in [0.1, 0.15) is 0 Å². The van der Waals surface area contributed by atoms with Crippen molar-refractivity contribution in [3.8, 4) is 0 Å². The SMILES string of the molecule is CN[C@H]1CC[C@@]2(C)C(=CC[C@H]3[C@@H]4CC[C@H]([C@H](C)NC)[C@@]4(C)CC[C@@H]32)C1. The van der Waals surface area contributed by atoms with Crippen molar-refractivity contribution in [1.82, 2.24) is 10.6 Å². The van der Waals surface area contributed by atoms with E-state index >= 15 is 0 Å². The Bertz CT molecular complexity index is 540. The Labute approximate surface area is 155 Å². The summed E-state index contributed by atoms with van der Waals surface area (Å²) in [6.45, 7) is 7.70. The second-order valence-corrected chi connectivity index (χ2v) is 10.3. The molecule has 3 saturated carbocycles. The van der Waals surface area contributed by atoms with E-state index in [-0.39, 0.29) is 0 Å². The zero-order valence-electron chi connectivity index (χ0n) is 17.2. The molecule has 0 radical (unpaired) electrons. The second kappa shape index (κ2) is 6.37. The molecule has 3 fully saturated rings. The maximum Gasteiger partial charge on any atom is 0.0102 e. The number of nitrogens with one attached hydrogen (secondary N) is 2. The van der Waals surface area contributed by atoms with Crippen molar-refractivity contribution < 1.29 is 0 Å². The van der Waals surface area contributed by atoms with E-state index in [1.807, 2.05) is 0 Å². The lowest BCUT2D eigenvalue weighted by Crippen LogP contribution is -2.52. The minimum atomic E-state index is 0.504. The quantitative estimate of drug-likeness (QED) is 0.721. The van der Waals surface area contributed by atoms with Gasteiger partial charge in [0.15, 0.2) is 0 Å². The Kier molecular flexibility index (Phi) is 4.60. The van der Waals surface area contributed by atoms with Crippen molar-refractivity contribution in [2.24, 2.45) is 34.5 Å². The van der Waals surface area contributed by atoms with E-state index in [1.165, 1.54) is 51.4 Å². The zero-order valence-corrected chi connectivity index (χ0v) is 17.2. The van der Waals surface area contributed by atoms with Crippen LogP contribution in [0.3, 0.4) is 0 Å². The summed E-state index contributed by atoms with van der Waals surface area (Å²) in [5.41, 5.74) is 2.89. The molecule has 0 aromatic carbocycles. The van der Waals surface area contributed by atoms with Crippen LogP contribution >= 0.6 is 0 Å². The van der Waals surface area contributed by atoms with Gasteiger partial charge in [-0.05, 0) is 107 Å². The van der Waals surface area contributed by atoms with Gasteiger partial charge in [-0.3, -0.25) is 0 Å². The van der Waals surface area contributed by atoms with Crippen LogP contribution < -0.4 is 10.6 Å². The highest BCUT2D eigenvalue weighted by molar-refractivity contribution is 5.26. The van der Waals surface area contributed by atoms with Crippen LogP contribution in [-0.2, 0) is 0 Å². The van der Waals surface area contributed by atoms with Gasteiger partial charge in [-0.1, -0.05) is 25.5 Å². The smallest absolute Gasteiger partial charge is 0.0102 e. The molecule has 0 unspecified atom stereocenters. The number of rotatable bonds is 3. The molecule has 4 aliphatic rings. The molecule has 25 heavy (non-hydrogen) atoms. The van der Waals surface area contributed by atoms with Gasteiger partial charge in [-0.15, -0.1) is 0 Å². The molecule has 2 N–H and O–H groups in total. The fraction of sp³-hybridized carbons (Fsp3) is 0.913. The maximum absolute atomic E-state index is 3.58. The van der Waals surface area contributed by atoms with Crippen molar-refractivity contribution in [2.75, 3.05) is 14.1 Å². The molecule has 0 spiro atoms. The minimum Gasteiger partial charge on any atom is -0.317 e. The van der Waals surface area contributed by atoms with Gasteiger partial charge in [0, 0.05) is 12.1 Å². The lowest BCUT2D eigenvalue weighted by atomic mass is 9.47. The van der Waals surface area contributed by atoms with E-state index in [9.17, 15) is 0 Å². The van der Waals surface area contributed by atoms with E-state index in [4.69, 9.17) is 0 Å². The van der Waals surface area contributed by atoms with Crippen LogP contribution in [0.1, 0.15) is 72.1 Å². The summed E-state index contributed by atoms with van der Waals surface area (Å²) in [6, 6.07) is 1.39. The van der Waals surface area contributed by atoms with Gasteiger partial charge in [0.25, 0.3) is 0 Å². The van der Waals surface area contributed by atoms with Gasteiger partial charge >= 0.3 is 0 Å². The first-order valence-corrected chi connectivity index (χ1v) is 11.0. The highest BCUT2D eigenvalue weighted by atomic mass is 14.9. The fourth-order valence-electron chi connectivity index (χ4n) is 7.97. The number of fused-ring (bicyclic) bond motifs is 5. The lowest BCUT2D eigenvalue weighted by molar-refractivity contribution is -0.0467. The minimum absolute atomic E-state index is 0.504. The molecule has 0 bridgehead atoms. The van der Waals surface area contributed by atoms with E-state index in [1.54, 1.807) is 5.57 Å². The molecule has 0 amide bonds. The summed E-state index contributed by atoms with van der Waals surface area (Å²) in [4.78, 5) is 0. The molecule has 0 saturated heterocycles. The van der Waals surface area contributed by atoms with Crippen LogP contribution in [0.4, 0.5) is 0 Å². The third-order valence-electron chi connectivity index (χ3n) is 9.64. The summed E-state index contributed by atoms with van der Waals surface area (Å²) in [7, 11) is 4.30. The zero-order chi connectivity index (χ0) is 17.8. The van der Waals surface area contributed by atoms with Crippen molar-refractivity contribution in [3.05, 3.63) is 11.6 Å². The van der Waals surface area contributed by atoms with Crippen molar-refractivity contribution >= 4 is 0 Å². The highest BCUT2D eigenvalue weighted by Crippen LogP contribution is 2.66. The Morgan fingerprint density at radius 3 is 2.56 bits per heavy atom. The molecular formula is C23H40N2. The summed E-state index contributed by atoms with van der Waals surface area (Å²) < 4.78 is 0. The van der Waals surface area contributed by atoms with E-state index < -0.39 is 0 Å². The van der Waals surface area contributed by atoms with Crippen LogP contribution in [0.2, 0.25) is 0 Å². The summed E-state index contributed by atoms with van der Waals surface area (Å²) in [5.74, 6) is 3.74. The normalized spacial score (nSPS) is 50.4. The third kappa shape index (κ3) is 2.57. The molecule has 0 aromatic rings. The Balaban J connectivity index is 1.61. The number of allylic oxidation sites excluding steroid dienone is 1. The number of hydrogen-bond acceptors (Lipinski definition) is 2. The van der Waals surface area contributed by atoms with Gasteiger partial charge in [-0.25, -0.2) is 0 Å². The van der Waals surface area contributed by atoms with Crippen LogP contribution in [0, 0.1) is 34.5 Å². The molecule has 4 rings (SSSR count). The topological polar surface area (TPSA) is 24.1 Å². The van der Waals surface area contributed by atoms with Crippen LogP contribution in [-0.4, -0.2) is 26.2 Å². The predicted octanol–water partition coefficient (Wildman–Crippen LogP) is 4.76. The largest absolute Gasteiger partial charge is 0.317 e. The predicted molar refractivity (Wildman–Crippen MR) is 107 cm³/mol. The van der Waals surface area contributed by atoms with Crippen LogP contribution in [0.15, 0.2) is 11.6 Å². The standard InChI is InChI=1S/C23H40N2/c1-15(24-4)19-8-9-20-18-7-6-16-14-17(25-5)10-12-22(16,2)21(18)11-13-23(19,20)3/h6,15,17-21,24-25H,7-14H2,1-5H3/t15-,17-,18-,19+,20-,21-,22-,23+/m0/s1. The molecule has 2 heteroatoms. The molecule has 0 aromatic heterocycles. The highest BCUT2D eigenvalue weighted by Gasteiger charge is 2.59. The molecular weight excluding hydrogens is 304 g/mol. The molecule has 4 aliphatic carbocycles. The van der Waals surface area contributed by atoms with E-state index in [2.05, 4.69) is 51.6 Å². The lowest BCUT2D eigenvalue weighted by Gasteiger charge is -2.58. The first kappa shape index (κ1) is 18.0. The summed E-state index contributed by atoms with van der Waals surface area (Å²) in [6.07, 6.45) is 14.0. The Hall–Kier alpha value is -0.340. The third-order valence-corrected chi connectivity index (χ3v) is 9.64. The molecule has 142 valence electrons. The van der Waals surface area contributed by atoms with Crippen LogP contribution in [0.25, 0.3) is 0 Å². The average molecular weight is 345 g/mol. The summed E-state index contributed by atoms with van der Waals surface area (Å²) in [5, 5.41) is 7.13. The Morgan fingerprint density at radius 1 is 1.04 bits per heavy atom. The van der Waals surface area contributed by atoms with Crippen molar-refractivity contribution in [3.63, 3.8) is 0 Å². The van der Waals surface area contributed by atoms with Crippen LogP contribution in [0.5, 0.6) is 0 Å². The first-order valence-electron chi connectivity index (χ1n) is 11.0. The van der Waals surface area contributed by atoms with Gasteiger partial charge < -0.3 is 10.6 Å². The van der Waals surface area contributed by atoms with Gasteiger partial charge in [-0.2, -0.15) is 0 Å².